The molecule has 0 unspecified atom stereocenters. The number of benzene rings is 2. The van der Waals surface area contributed by atoms with Gasteiger partial charge in [0.1, 0.15) is 0 Å². The van der Waals surface area contributed by atoms with Crippen LogP contribution < -0.4 is 5.32 Å². The number of carbonyl (C=O) groups is 1. The fraction of sp³-hybridized carbons (Fsp3) is 0.273. The maximum absolute atomic E-state index is 13.4. The van der Waals surface area contributed by atoms with Gasteiger partial charge in [-0.1, -0.05) is 25.1 Å². The molecule has 0 saturated heterocycles. The number of carbonyl (C=O) groups excluding carboxylic acids is 1. The lowest BCUT2D eigenvalue weighted by Gasteiger charge is -2.22. The smallest absolute Gasteiger partial charge is 0.244 e. The number of anilines is 1. The molecule has 0 saturated carbocycles. The zero-order valence-electron chi connectivity index (χ0n) is 16.8. The minimum Gasteiger partial charge on any atom is -0.325 e. The van der Waals surface area contributed by atoms with Crippen LogP contribution in [0.1, 0.15) is 24.5 Å². The normalized spacial score (nSPS) is 11.7. The Bertz CT molecular complexity index is 1120. The molecule has 6 nitrogen and oxygen atoms in total. The van der Waals surface area contributed by atoms with Crippen LogP contribution in [0.3, 0.4) is 0 Å². The predicted molar refractivity (Wildman–Crippen MR) is 115 cm³/mol. The molecule has 0 bridgehead atoms. The number of pyridine rings is 1. The summed E-state index contributed by atoms with van der Waals surface area (Å²) in [5.41, 5.74) is 2.72. The molecule has 3 aromatic rings. The zero-order chi connectivity index (χ0) is 21.0. The van der Waals surface area contributed by atoms with Crippen LogP contribution in [0.4, 0.5) is 5.69 Å². The van der Waals surface area contributed by atoms with Crippen molar-refractivity contribution in [2.24, 2.45) is 0 Å². The van der Waals surface area contributed by atoms with E-state index >= 15 is 0 Å². The number of sulfonamides is 1. The van der Waals surface area contributed by atoms with Crippen molar-refractivity contribution in [2.45, 2.75) is 32.1 Å². The van der Waals surface area contributed by atoms with Crippen molar-refractivity contribution in [3.8, 4) is 0 Å². The van der Waals surface area contributed by atoms with Crippen molar-refractivity contribution < 1.29 is 13.2 Å². The van der Waals surface area contributed by atoms with E-state index in [1.807, 2.05) is 45.0 Å². The van der Waals surface area contributed by atoms with Crippen LogP contribution >= 0.6 is 0 Å². The second kappa shape index (κ2) is 8.71. The van der Waals surface area contributed by atoms with Crippen LogP contribution in [0, 0.1) is 13.8 Å². The molecule has 0 aliphatic rings. The van der Waals surface area contributed by atoms with Crippen molar-refractivity contribution >= 4 is 32.4 Å². The third-order valence-electron chi connectivity index (χ3n) is 4.56. The van der Waals surface area contributed by atoms with Crippen LogP contribution in [-0.4, -0.2) is 36.7 Å². The quantitative estimate of drug-likeness (QED) is 0.640. The Morgan fingerprint density at radius 2 is 1.83 bits per heavy atom. The standard InChI is InChI=1S/C22H25N3O3S/c1-4-10-25(15-22(26)24-19-12-16(2)11-17(3)13-19)29(27,28)21-7-5-6-18-14-23-9-8-20(18)21/h5-9,11-14H,4,10,15H2,1-3H3,(H,24,26). The van der Waals surface area contributed by atoms with Gasteiger partial charge in [-0.3, -0.25) is 9.78 Å². The number of aromatic nitrogens is 1. The van der Waals surface area contributed by atoms with Crippen molar-refractivity contribution in [1.82, 2.24) is 9.29 Å². The van der Waals surface area contributed by atoms with E-state index in [1.54, 1.807) is 30.6 Å². The number of hydrogen-bond donors (Lipinski definition) is 1. The molecule has 29 heavy (non-hydrogen) atoms. The third kappa shape index (κ3) is 4.81. The zero-order valence-corrected chi connectivity index (χ0v) is 17.7. The molecule has 1 aromatic heterocycles. The molecule has 0 atom stereocenters. The summed E-state index contributed by atoms with van der Waals surface area (Å²) >= 11 is 0. The van der Waals surface area contributed by atoms with Gasteiger partial charge in [-0.25, -0.2) is 8.42 Å². The summed E-state index contributed by atoms with van der Waals surface area (Å²) in [6.07, 6.45) is 3.80. The molecule has 0 aliphatic heterocycles. The first-order chi connectivity index (χ1) is 13.8. The van der Waals surface area contributed by atoms with Crippen molar-refractivity contribution in [3.05, 3.63) is 66.0 Å². The van der Waals surface area contributed by atoms with Crippen molar-refractivity contribution in [2.75, 3.05) is 18.4 Å². The largest absolute Gasteiger partial charge is 0.325 e. The lowest BCUT2D eigenvalue weighted by molar-refractivity contribution is -0.116. The van der Waals surface area contributed by atoms with E-state index in [0.717, 1.165) is 16.5 Å². The third-order valence-corrected chi connectivity index (χ3v) is 6.46. The van der Waals surface area contributed by atoms with Gasteiger partial charge in [-0.2, -0.15) is 4.31 Å². The highest BCUT2D eigenvalue weighted by Gasteiger charge is 2.27. The first kappa shape index (κ1) is 21.0. The highest BCUT2D eigenvalue weighted by molar-refractivity contribution is 7.89. The van der Waals surface area contributed by atoms with Gasteiger partial charge in [0.05, 0.1) is 11.4 Å². The van der Waals surface area contributed by atoms with E-state index in [4.69, 9.17) is 0 Å². The SMILES string of the molecule is CCCN(CC(=O)Nc1cc(C)cc(C)c1)S(=O)(=O)c1cccc2cnccc12. The number of aryl methyl sites for hydroxylation is 2. The molecule has 2 aromatic carbocycles. The molecule has 1 N–H and O–H groups in total. The van der Waals surface area contributed by atoms with Gasteiger partial charge in [-0.05, 0) is 55.7 Å². The summed E-state index contributed by atoms with van der Waals surface area (Å²) in [4.78, 5) is 16.9. The monoisotopic (exact) mass is 411 g/mol. The van der Waals surface area contributed by atoms with E-state index in [-0.39, 0.29) is 23.9 Å². The summed E-state index contributed by atoms with van der Waals surface area (Å²) in [7, 11) is -3.85. The van der Waals surface area contributed by atoms with Gasteiger partial charge in [0.25, 0.3) is 0 Å². The van der Waals surface area contributed by atoms with Gasteiger partial charge >= 0.3 is 0 Å². The highest BCUT2D eigenvalue weighted by atomic mass is 32.2. The minimum absolute atomic E-state index is 0.185. The van der Waals surface area contributed by atoms with Crippen molar-refractivity contribution in [1.29, 1.82) is 0 Å². The molecule has 3 rings (SSSR count). The van der Waals surface area contributed by atoms with Crippen molar-refractivity contribution in [3.63, 3.8) is 0 Å². The summed E-state index contributed by atoms with van der Waals surface area (Å²) < 4.78 is 28.0. The van der Waals surface area contributed by atoms with Crippen LogP contribution in [0.25, 0.3) is 10.8 Å². The van der Waals surface area contributed by atoms with Crippen LogP contribution in [-0.2, 0) is 14.8 Å². The fourth-order valence-electron chi connectivity index (χ4n) is 3.40. The molecular weight excluding hydrogens is 386 g/mol. The molecule has 0 spiro atoms. The van der Waals surface area contributed by atoms with Crippen LogP contribution in [0.2, 0.25) is 0 Å². The van der Waals surface area contributed by atoms with E-state index in [1.165, 1.54) is 4.31 Å². The second-order valence-corrected chi connectivity index (χ2v) is 9.02. The molecule has 0 aliphatic carbocycles. The number of nitrogens with zero attached hydrogens (tertiary/aromatic N) is 2. The number of nitrogens with one attached hydrogen (secondary N) is 1. The Kier molecular flexibility index (Phi) is 6.30. The Labute approximate surface area is 171 Å². The minimum atomic E-state index is -3.85. The molecular formula is C22H25N3O3S. The Hall–Kier alpha value is -2.77. The summed E-state index contributed by atoms with van der Waals surface area (Å²) in [6, 6.07) is 12.5. The molecule has 1 heterocycles. The van der Waals surface area contributed by atoms with Gasteiger partial charge in [0.2, 0.25) is 15.9 Å². The van der Waals surface area contributed by atoms with Gasteiger partial charge < -0.3 is 5.32 Å². The molecule has 7 heteroatoms. The maximum Gasteiger partial charge on any atom is 0.244 e. The lowest BCUT2D eigenvalue weighted by Crippen LogP contribution is -2.38. The van der Waals surface area contributed by atoms with Gasteiger partial charge in [-0.15, -0.1) is 0 Å². The Morgan fingerprint density at radius 3 is 2.52 bits per heavy atom. The summed E-state index contributed by atoms with van der Waals surface area (Å²) in [6.45, 7) is 5.80. The molecule has 1 amide bonds. The summed E-state index contributed by atoms with van der Waals surface area (Å²) in [5, 5.41) is 4.15. The Balaban J connectivity index is 1.89. The number of rotatable bonds is 7. The van der Waals surface area contributed by atoms with Crippen LogP contribution in [0.5, 0.6) is 0 Å². The van der Waals surface area contributed by atoms with Gasteiger partial charge in [0, 0.05) is 35.4 Å². The lowest BCUT2D eigenvalue weighted by atomic mass is 10.1. The average molecular weight is 412 g/mol. The molecule has 0 radical (unpaired) electrons. The van der Waals surface area contributed by atoms with E-state index in [2.05, 4.69) is 10.3 Å². The fourth-order valence-corrected chi connectivity index (χ4v) is 5.10. The Morgan fingerprint density at radius 1 is 1.10 bits per heavy atom. The maximum atomic E-state index is 13.4. The average Bonchev–Trinajstić information content (AvgIpc) is 2.66. The first-order valence-corrected chi connectivity index (χ1v) is 11.0. The number of fused-ring (bicyclic) bond motifs is 1. The topological polar surface area (TPSA) is 79.4 Å². The van der Waals surface area contributed by atoms with E-state index in [9.17, 15) is 13.2 Å². The van der Waals surface area contributed by atoms with Crippen LogP contribution in [0.15, 0.2) is 59.8 Å². The first-order valence-electron chi connectivity index (χ1n) is 9.52. The van der Waals surface area contributed by atoms with Gasteiger partial charge in [0.15, 0.2) is 0 Å². The predicted octanol–water partition coefficient (Wildman–Crippen LogP) is 3.89. The second-order valence-electron chi connectivity index (χ2n) is 7.12. The number of amides is 1. The highest BCUT2D eigenvalue weighted by Crippen LogP contribution is 2.25. The van der Waals surface area contributed by atoms with E-state index in [0.29, 0.717) is 17.5 Å². The molecule has 152 valence electrons. The molecule has 0 fully saturated rings. The summed E-state index contributed by atoms with van der Waals surface area (Å²) in [5.74, 6) is -0.367. The number of hydrogen-bond acceptors (Lipinski definition) is 4. The van der Waals surface area contributed by atoms with E-state index < -0.39 is 10.0 Å².